The van der Waals surface area contributed by atoms with Gasteiger partial charge in [-0.15, -0.1) is 11.3 Å². The molecule has 0 spiro atoms. The molecule has 0 bridgehead atoms. The summed E-state index contributed by atoms with van der Waals surface area (Å²) in [6, 6.07) is 7.07. The molecule has 0 radical (unpaired) electrons. The second kappa shape index (κ2) is 8.21. The Morgan fingerprint density at radius 2 is 1.88 bits per heavy atom. The summed E-state index contributed by atoms with van der Waals surface area (Å²) in [5, 5.41) is 16.7. The molecule has 0 unspecified atom stereocenters. The second-order valence-corrected chi connectivity index (χ2v) is 5.93. The van der Waals surface area contributed by atoms with Crippen molar-refractivity contribution >= 4 is 39.8 Å². The Labute approximate surface area is 142 Å². The zero-order chi connectivity index (χ0) is 17.5. The van der Waals surface area contributed by atoms with Crippen LogP contribution in [0, 0.1) is 0 Å². The maximum atomic E-state index is 11.5. The van der Waals surface area contributed by atoms with Crippen LogP contribution in [-0.2, 0) is 16.1 Å². The number of nitrogens with one attached hydrogen (secondary N) is 2. The molecule has 1 aromatic heterocycles. The number of thiazole rings is 1. The summed E-state index contributed by atoms with van der Waals surface area (Å²) >= 11 is 1.39. The Bertz CT molecular complexity index is 740. The largest absolute Gasteiger partial charge is 0.481 e. The Balaban J connectivity index is 1.85. The number of amides is 1. The van der Waals surface area contributed by atoms with Crippen molar-refractivity contribution in [2.75, 3.05) is 5.32 Å². The standard InChI is InChI=1S/C16H17N3O4S/c1-10(20)11-2-4-12(5-3-11)18-16-19-13(9-24-16)8-17-14(21)6-7-15(22)23/h2-5,9H,6-8H2,1H3,(H,17,21)(H,18,19)(H,22,23). The fourth-order valence-corrected chi connectivity index (χ4v) is 2.59. The number of carboxylic acid groups (broad SMARTS) is 1. The number of aromatic nitrogens is 1. The molecule has 0 aliphatic heterocycles. The van der Waals surface area contributed by atoms with E-state index in [2.05, 4.69) is 15.6 Å². The van der Waals surface area contributed by atoms with Gasteiger partial charge in [-0.25, -0.2) is 4.98 Å². The summed E-state index contributed by atoms with van der Waals surface area (Å²) in [5.41, 5.74) is 2.14. The van der Waals surface area contributed by atoms with Crippen molar-refractivity contribution in [1.82, 2.24) is 10.3 Å². The van der Waals surface area contributed by atoms with Gasteiger partial charge in [0, 0.05) is 23.1 Å². The predicted molar refractivity (Wildman–Crippen MR) is 90.6 cm³/mol. The lowest BCUT2D eigenvalue weighted by molar-refractivity contribution is -0.138. The first kappa shape index (κ1) is 17.6. The Morgan fingerprint density at radius 1 is 1.17 bits per heavy atom. The van der Waals surface area contributed by atoms with Crippen molar-refractivity contribution in [3.05, 3.63) is 40.9 Å². The molecule has 126 valence electrons. The second-order valence-electron chi connectivity index (χ2n) is 5.07. The summed E-state index contributed by atoms with van der Waals surface area (Å²) in [4.78, 5) is 37.4. The van der Waals surface area contributed by atoms with Crippen LogP contribution in [0.5, 0.6) is 0 Å². The number of carboxylic acids is 1. The minimum absolute atomic E-state index is 0.0109. The molecule has 1 aromatic carbocycles. The average molecular weight is 347 g/mol. The number of benzene rings is 1. The van der Waals surface area contributed by atoms with Crippen LogP contribution in [-0.4, -0.2) is 27.8 Å². The monoisotopic (exact) mass is 347 g/mol. The Hall–Kier alpha value is -2.74. The molecule has 0 aliphatic rings. The van der Waals surface area contributed by atoms with Crippen molar-refractivity contribution in [2.24, 2.45) is 0 Å². The molecule has 0 atom stereocenters. The predicted octanol–water partition coefficient (Wildman–Crippen LogP) is 2.57. The fourth-order valence-electron chi connectivity index (χ4n) is 1.86. The summed E-state index contributed by atoms with van der Waals surface area (Å²) in [7, 11) is 0. The molecule has 2 aromatic rings. The van der Waals surface area contributed by atoms with E-state index >= 15 is 0 Å². The molecule has 7 nitrogen and oxygen atoms in total. The third-order valence-corrected chi connectivity index (χ3v) is 3.93. The molecule has 24 heavy (non-hydrogen) atoms. The van der Waals surface area contributed by atoms with E-state index < -0.39 is 5.97 Å². The van der Waals surface area contributed by atoms with Gasteiger partial charge in [0.05, 0.1) is 18.7 Å². The zero-order valence-electron chi connectivity index (χ0n) is 13.0. The van der Waals surface area contributed by atoms with Gasteiger partial charge in [0.1, 0.15) is 0 Å². The van der Waals surface area contributed by atoms with Gasteiger partial charge in [-0.2, -0.15) is 0 Å². The Morgan fingerprint density at radius 3 is 2.50 bits per heavy atom. The number of anilines is 2. The third kappa shape index (κ3) is 5.47. The van der Waals surface area contributed by atoms with E-state index in [1.54, 1.807) is 24.3 Å². The van der Waals surface area contributed by atoms with Crippen LogP contribution in [0.25, 0.3) is 0 Å². The number of hydrogen-bond acceptors (Lipinski definition) is 6. The first-order valence-corrected chi connectivity index (χ1v) is 8.13. The lowest BCUT2D eigenvalue weighted by Crippen LogP contribution is -2.23. The molecule has 1 amide bonds. The topological polar surface area (TPSA) is 108 Å². The molecule has 0 fully saturated rings. The lowest BCUT2D eigenvalue weighted by Gasteiger charge is -2.03. The SMILES string of the molecule is CC(=O)c1ccc(Nc2nc(CNC(=O)CCC(=O)O)cs2)cc1. The molecule has 1 heterocycles. The van der Waals surface area contributed by atoms with Crippen LogP contribution in [0.3, 0.4) is 0 Å². The van der Waals surface area contributed by atoms with E-state index in [1.165, 1.54) is 18.3 Å². The van der Waals surface area contributed by atoms with Gasteiger partial charge >= 0.3 is 5.97 Å². The molecule has 8 heteroatoms. The molecule has 0 saturated carbocycles. The third-order valence-electron chi connectivity index (χ3n) is 3.13. The lowest BCUT2D eigenvalue weighted by atomic mass is 10.1. The normalized spacial score (nSPS) is 10.2. The molecule has 0 saturated heterocycles. The van der Waals surface area contributed by atoms with Gasteiger partial charge in [-0.05, 0) is 31.2 Å². The van der Waals surface area contributed by atoms with Crippen LogP contribution in [0.2, 0.25) is 0 Å². The number of rotatable bonds is 8. The highest BCUT2D eigenvalue weighted by Crippen LogP contribution is 2.21. The number of nitrogens with zero attached hydrogens (tertiary/aromatic N) is 1. The fraction of sp³-hybridized carbons (Fsp3) is 0.250. The summed E-state index contributed by atoms with van der Waals surface area (Å²) in [6.07, 6.45) is -0.237. The number of hydrogen-bond donors (Lipinski definition) is 3. The summed E-state index contributed by atoms with van der Waals surface area (Å²) in [5.74, 6) is -1.31. The number of carbonyl (C=O) groups is 3. The number of Topliss-reactive ketones (excluding diaryl/α,β-unsaturated/α-hetero) is 1. The molecule has 3 N–H and O–H groups in total. The van der Waals surface area contributed by atoms with Gasteiger partial charge in [0.15, 0.2) is 10.9 Å². The minimum Gasteiger partial charge on any atom is -0.481 e. The Kier molecular flexibility index (Phi) is 6.02. The first-order valence-electron chi connectivity index (χ1n) is 7.25. The number of carbonyl (C=O) groups excluding carboxylic acids is 2. The molecular weight excluding hydrogens is 330 g/mol. The van der Waals surface area contributed by atoms with Crippen molar-refractivity contribution in [1.29, 1.82) is 0 Å². The van der Waals surface area contributed by atoms with Crippen LogP contribution in [0.1, 0.15) is 35.8 Å². The minimum atomic E-state index is -0.999. The van der Waals surface area contributed by atoms with E-state index in [0.717, 1.165) is 5.69 Å². The van der Waals surface area contributed by atoms with Crippen molar-refractivity contribution in [3.8, 4) is 0 Å². The van der Waals surface area contributed by atoms with Crippen molar-refractivity contribution in [3.63, 3.8) is 0 Å². The summed E-state index contributed by atoms with van der Waals surface area (Å²) in [6.45, 7) is 1.76. The molecule has 2 rings (SSSR count). The van der Waals surface area contributed by atoms with Gasteiger partial charge in [-0.1, -0.05) is 0 Å². The average Bonchev–Trinajstić information content (AvgIpc) is 2.99. The van der Waals surface area contributed by atoms with Crippen molar-refractivity contribution < 1.29 is 19.5 Å². The number of aliphatic carboxylic acids is 1. The van der Waals surface area contributed by atoms with E-state index in [0.29, 0.717) is 16.4 Å². The quantitative estimate of drug-likeness (QED) is 0.633. The van der Waals surface area contributed by atoms with Crippen LogP contribution in [0.4, 0.5) is 10.8 Å². The van der Waals surface area contributed by atoms with Crippen LogP contribution >= 0.6 is 11.3 Å². The number of ketones is 1. The zero-order valence-corrected chi connectivity index (χ0v) is 13.9. The van der Waals surface area contributed by atoms with Crippen molar-refractivity contribution in [2.45, 2.75) is 26.3 Å². The van der Waals surface area contributed by atoms with Gasteiger partial charge in [-0.3, -0.25) is 14.4 Å². The smallest absolute Gasteiger partial charge is 0.303 e. The van der Waals surface area contributed by atoms with Crippen LogP contribution in [0.15, 0.2) is 29.6 Å². The molecule has 0 aliphatic carbocycles. The van der Waals surface area contributed by atoms with E-state index in [-0.39, 0.29) is 31.1 Å². The van der Waals surface area contributed by atoms with E-state index in [1.807, 2.05) is 5.38 Å². The van der Waals surface area contributed by atoms with Gasteiger partial charge in [0.2, 0.25) is 5.91 Å². The first-order chi connectivity index (χ1) is 11.4. The molecular formula is C16H17N3O4S. The van der Waals surface area contributed by atoms with Crippen LogP contribution < -0.4 is 10.6 Å². The van der Waals surface area contributed by atoms with E-state index in [4.69, 9.17) is 5.11 Å². The maximum absolute atomic E-state index is 11.5. The highest BCUT2D eigenvalue weighted by Gasteiger charge is 2.07. The summed E-state index contributed by atoms with van der Waals surface area (Å²) < 4.78 is 0. The van der Waals surface area contributed by atoms with Gasteiger partial charge < -0.3 is 15.7 Å². The highest BCUT2D eigenvalue weighted by molar-refractivity contribution is 7.13. The maximum Gasteiger partial charge on any atom is 0.303 e. The highest BCUT2D eigenvalue weighted by atomic mass is 32.1. The van der Waals surface area contributed by atoms with Gasteiger partial charge in [0.25, 0.3) is 0 Å². The van der Waals surface area contributed by atoms with E-state index in [9.17, 15) is 14.4 Å².